The SMILES string of the molecule is CC.CC.Cc1[nH]c2c(c1C)=CC=C=CC=2. The van der Waals surface area contributed by atoms with Gasteiger partial charge in [0.1, 0.15) is 0 Å². The van der Waals surface area contributed by atoms with Gasteiger partial charge in [-0.2, -0.15) is 0 Å². The minimum Gasteiger partial charge on any atom is -0.358 e. The molecule has 0 aromatic carbocycles. The second kappa shape index (κ2) is 7.78. The highest BCUT2D eigenvalue weighted by molar-refractivity contribution is 5.49. The Morgan fingerprint density at radius 1 is 0.938 bits per heavy atom. The number of rotatable bonds is 0. The van der Waals surface area contributed by atoms with Gasteiger partial charge in [0, 0.05) is 16.3 Å². The summed E-state index contributed by atoms with van der Waals surface area (Å²) >= 11 is 0. The van der Waals surface area contributed by atoms with Crippen molar-refractivity contribution in [3.05, 3.63) is 39.7 Å². The molecule has 0 aliphatic heterocycles. The third-order valence-electron chi connectivity index (χ3n) is 2.27. The van der Waals surface area contributed by atoms with Crippen LogP contribution in [0, 0.1) is 13.8 Å². The van der Waals surface area contributed by atoms with E-state index in [-0.39, 0.29) is 0 Å². The maximum atomic E-state index is 3.33. The molecule has 2 rings (SSSR count). The molecule has 0 unspecified atom stereocenters. The first-order chi connectivity index (χ1) is 7.79. The van der Waals surface area contributed by atoms with E-state index in [1.807, 2.05) is 39.8 Å². The number of fused-ring (bicyclic) bond motifs is 1. The number of nitrogens with one attached hydrogen (secondary N) is 1. The highest BCUT2D eigenvalue weighted by Crippen LogP contribution is 1.93. The Morgan fingerprint density at radius 2 is 1.50 bits per heavy atom. The maximum absolute atomic E-state index is 3.33. The first-order valence-electron chi connectivity index (χ1n) is 6.07. The lowest BCUT2D eigenvalue weighted by molar-refractivity contribution is 1.20. The zero-order valence-electron chi connectivity index (χ0n) is 11.3. The van der Waals surface area contributed by atoms with E-state index >= 15 is 0 Å². The van der Waals surface area contributed by atoms with Gasteiger partial charge in [0.25, 0.3) is 0 Å². The molecule has 88 valence electrons. The Hall–Kier alpha value is -1.46. The number of aryl methyl sites for hydroxylation is 1. The Balaban J connectivity index is 0.000000509. The lowest BCUT2D eigenvalue weighted by Gasteiger charge is -1.84. The molecule has 1 heterocycles. The zero-order valence-corrected chi connectivity index (χ0v) is 11.3. The summed E-state index contributed by atoms with van der Waals surface area (Å²) in [7, 11) is 0. The van der Waals surface area contributed by atoms with Gasteiger partial charge in [-0.1, -0.05) is 27.7 Å². The van der Waals surface area contributed by atoms with Gasteiger partial charge in [0.05, 0.1) is 0 Å². The third-order valence-corrected chi connectivity index (χ3v) is 2.27. The molecule has 16 heavy (non-hydrogen) atoms. The first kappa shape index (κ1) is 14.5. The lowest BCUT2D eigenvalue weighted by atomic mass is 10.2. The third kappa shape index (κ3) is 3.29. The second-order valence-corrected chi connectivity index (χ2v) is 3.04. The van der Waals surface area contributed by atoms with E-state index < -0.39 is 0 Å². The van der Waals surface area contributed by atoms with Crippen molar-refractivity contribution in [3.8, 4) is 0 Å². The molecule has 1 N–H and O–H groups in total. The molecule has 0 atom stereocenters. The molecule has 0 amide bonds. The van der Waals surface area contributed by atoms with E-state index in [1.165, 1.54) is 21.8 Å². The van der Waals surface area contributed by atoms with Crippen LogP contribution in [-0.2, 0) is 0 Å². The van der Waals surface area contributed by atoms with E-state index in [2.05, 4.69) is 36.7 Å². The van der Waals surface area contributed by atoms with Gasteiger partial charge in [0.15, 0.2) is 0 Å². The maximum Gasteiger partial charge on any atom is 0.0465 e. The van der Waals surface area contributed by atoms with Crippen molar-refractivity contribution in [1.29, 1.82) is 0 Å². The molecule has 1 aromatic rings. The summed E-state index contributed by atoms with van der Waals surface area (Å²) < 4.78 is 0. The van der Waals surface area contributed by atoms with E-state index in [0.717, 1.165) is 0 Å². The Bertz CT molecular complexity index is 480. The summed E-state index contributed by atoms with van der Waals surface area (Å²) in [6.07, 6.45) is 8.02. The van der Waals surface area contributed by atoms with Gasteiger partial charge in [-0.05, 0) is 43.7 Å². The molecular formula is C15H23N. The highest BCUT2D eigenvalue weighted by Gasteiger charge is 1.97. The molecule has 1 nitrogen and oxygen atoms in total. The van der Waals surface area contributed by atoms with Crippen molar-refractivity contribution in [3.63, 3.8) is 0 Å². The van der Waals surface area contributed by atoms with Crippen LogP contribution in [-0.4, -0.2) is 4.98 Å². The zero-order chi connectivity index (χ0) is 12.6. The van der Waals surface area contributed by atoms with E-state index in [4.69, 9.17) is 0 Å². The molecular weight excluding hydrogens is 194 g/mol. The van der Waals surface area contributed by atoms with Gasteiger partial charge >= 0.3 is 0 Å². The van der Waals surface area contributed by atoms with Crippen LogP contribution in [0.25, 0.3) is 12.2 Å². The number of aromatic nitrogens is 1. The minimum atomic E-state index is 1.19. The smallest absolute Gasteiger partial charge is 0.0465 e. The molecule has 0 saturated carbocycles. The normalized spacial score (nSPS) is 10.6. The Labute approximate surface area is 98.9 Å². The van der Waals surface area contributed by atoms with Crippen LogP contribution in [0.1, 0.15) is 39.0 Å². The topological polar surface area (TPSA) is 15.8 Å². The van der Waals surface area contributed by atoms with Gasteiger partial charge in [-0.25, -0.2) is 0 Å². The summed E-state index contributed by atoms with van der Waals surface area (Å²) in [5.74, 6) is 0. The molecule has 1 aromatic heterocycles. The number of hydrogen-bond acceptors (Lipinski definition) is 0. The van der Waals surface area contributed by atoms with Crippen LogP contribution < -0.4 is 10.6 Å². The number of hydrogen-bond donors (Lipinski definition) is 1. The number of allylic oxidation sites excluding steroid dienone is 1. The van der Waals surface area contributed by atoms with Crippen LogP contribution in [0.15, 0.2) is 17.9 Å². The molecule has 1 aliphatic carbocycles. The van der Waals surface area contributed by atoms with Gasteiger partial charge in [-0.3, -0.25) is 0 Å². The fraction of sp³-hybridized carbons (Fsp3) is 0.400. The molecule has 0 bridgehead atoms. The van der Waals surface area contributed by atoms with Crippen molar-refractivity contribution in [2.75, 3.05) is 0 Å². The monoisotopic (exact) mass is 217 g/mol. The largest absolute Gasteiger partial charge is 0.358 e. The lowest BCUT2D eigenvalue weighted by Crippen LogP contribution is -2.22. The molecule has 0 saturated heterocycles. The Morgan fingerprint density at radius 3 is 2.12 bits per heavy atom. The van der Waals surface area contributed by atoms with Crippen molar-refractivity contribution < 1.29 is 0 Å². The minimum absolute atomic E-state index is 1.19. The average molecular weight is 217 g/mol. The van der Waals surface area contributed by atoms with Crippen molar-refractivity contribution >= 4 is 12.2 Å². The quantitative estimate of drug-likeness (QED) is 0.643. The second-order valence-electron chi connectivity index (χ2n) is 3.04. The van der Waals surface area contributed by atoms with E-state index in [9.17, 15) is 0 Å². The van der Waals surface area contributed by atoms with E-state index in [0.29, 0.717) is 0 Å². The molecule has 0 fully saturated rings. The summed E-state index contributed by atoms with van der Waals surface area (Å²) in [5, 5.41) is 2.47. The van der Waals surface area contributed by atoms with Crippen LogP contribution in [0.4, 0.5) is 0 Å². The van der Waals surface area contributed by atoms with Gasteiger partial charge in [0.2, 0.25) is 0 Å². The molecule has 0 spiro atoms. The summed E-state index contributed by atoms with van der Waals surface area (Å²) in [6, 6.07) is 0. The van der Waals surface area contributed by atoms with Crippen LogP contribution in [0.3, 0.4) is 0 Å². The highest BCUT2D eigenvalue weighted by atomic mass is 14.7. The van der Waals surface area contributed by atoms with Crippen molar-refractivity contribution in [2.45, 2.75) is 41.5 Å². The summed E-state index contributed by atoms with van der Waals surface area (Å²) in [4.78, 5) is 3.33. The Kier molecular flexibility index (Phi) is 7.07. The summed E-state index contributed by atoms with van der Waals surface area (Å²) in [6.45, 7) is 12.2. The number of H-pyrrole nitrogens is 1. The predicted molar refractivity (Wildman–Crippen MR) is 73.8 cm³/mol. The van der Waals surface area contributed by atoms with Crippen LogP contribution >= 0.6 is 0 Å². The van der Waals surface area contributed by atoms with Crippen LogP contribution in [0.2, 0.25) is 0 Å². The van der Waals surface area contributed by atoms with Crippen LogP contribution in [0.5, 0.6) is 0 Å². The van der Waals surface area contributed by atoms with Gasteiger partial charge < -0.3 is 4.98 Å². The fourth-order valence-electron chi connectivity index (χ4n) is 1.43. The standard InChI is InChI=1S/C11H11N.2C2H6/c1-8-9(2)12-11-7-5-3-4-6-10(8)11;2*1-2/h4-7,12H,1-2H3;2*1-2H3. The van der Waals surface area contributed by atoms with Crippen molar-refractivity contribution in [2.24, 2.45) is 0 Å². The summed E-state index contributed by atoms with van der Waals surface area (Å²) in [5.41, 5.74) is 5.62. The number of aromatic amines is 1. The predicted octanol–water partition coefficient (Wildman–Crippen LogP) is 2.97. The molecule has 1 aliphatic rings. The van der Waals surface area contributed by atoms with Crippen molar-refractivity contribution in [1.82, 2.24) is 4.98 Å². The first-order valence-corrected chi connectivity index (χ1v) is 6.07. The molecule has 1 heteroatoms. The van der Waals surface area contributed by atoms with E-state index in [1.54, 1.807) is 0 Å². The van der Waals surface area contributed by atoms with Gasteiger partial charge in [-0.15, -0.1) is 5.73 Å². The fourth-order valence-corrected chi connectivity index (χ4v) is 1.43. The molecule has 0 radical (unpaired) electrons. The average Bonchev–Trinajstić information content (AvgIpc) is 2.54.